The summed E-state index contributed by atoms with van der Waals surface area (Å²) in [6, 6.07) is 9.24. The lowest BCUT2D eigenvalue weighted by Crippen LogP contribution is -2.25. The molecule has 1 aromatic heterocycles. The van der Waals surface area contributed by atoms with Crippen LogP contribution in [0.3, 0.4) is 0 Å². The molecular formula is C13H14N4O3. The topological polar surface area (TPSA) is 97.1 Å². The maximum absolute atomic E-state index is 11.8. The first kappa shape index (κ1) is 13.7. The van der Waals surface area contributed by atoms with E-state index in [1.807, 2.05) is 30.3 Å². The average Bonchev–Trinajstić information content (AvgIpc) is 2.94. The first-order chi connectivity index (χ1) is 9.66. The van der Waals surface area contributed by atoms with Crippen LogP contribution in [-0.4, -0.2) is 38.5 Å². The average molecular weight is 274 g/mol. The van der Waals surface area contributed by atoms with Crippen LogP contribution in [0.2, 0.25) is 0 Å². The standard InChI is InChI=1S/C13H14N4O3/c18-12(19)7-4-8-14-13(20)11-9-15-17(16-11)10-5-2-1-3-6-10/h1-3,5-6,9H,4,7-8H2,(H,14,20)(H,18,19). The van der Waals surface area contributed by atoms with Gasteiger partial charge in [-0.25, -0.2) is 0 Å². The van der Waals surface area contributed by atoms with Gasteiger partial charge in [0, 0.05) is 13.0 Å². The molecule has 0 saturated carbocycles. The zero-order chi connectivity index (χ0) is 14.4. The van der Waals surface area contributed by atoms with E-state index in [2.05, 4.69) is 15.5 Å². The van der Waals surface area contributed by atoms with Gasteiger partial charge in [-0.05, 0) is 18.6 Å². The highest BCUT2D eigenvalue weighted by molar-refractivity contribution is 5.91. The van der Waals surface area contributed by atoms with Crippen molar-refractivity contribution in [1.29, 1.82) is 0 Å². The SMILES string of the molecule is O=C(O)CCCNC(=O)c1cnn(-c2ccccc2)n1. The molecule has 0 bridgehead atoms. The van der Waals surface area contributed by atoms with Gasteiger partial charge >= 0.3 is 5.97 Å². The van der Waals surface area contributed by atoms with Crippen LogP contribution in [0.5, 0.6) is 0 Å². The van der Waals surface area contributed by atoms with Crippen molar-refractivity contribution < 1.29 is 14.7 Å². The molecule has 0 aliphatic rings. The second-order valence-corrected chi connectivity index (χ2v) is 4.11. The summed E-state index contributed by atoms with van der Waals surface area (Å²) in [5.41, 5.74) is 0.960. The molecule has 2 aromatic rings. The van der Waals surface area contributed by atoms with Gasteiger partial charge in [0.15, 0.2) is 5.69 Å². The minimum Gasteiger partial charge on any atom is -0.481 e. The predicted octanol–water partition coefficient (Wildman–Crippen LogP) is 0.862. The third kappa shape index (κ3) is 3.64. The fourth-order valence-electron chi connectivity index (χ4n) is 1.58. The second-order valence-electron chi connectivity index (χ2n) is 4.11. The van der Waals surface area contributed by atoms with Crippen molar-refractivity contribution in [3.05, 3.63) is 42.2 Å². The zero-order valence-electron chi connectivity index (χ0n) is 10.7. The summed E-state index contributed by atoms with van der Waals surface area (Å²) < 4.78 is 0. The molecule has 0 spiro atoms. The van der Waals surface area contributed by atoms with E-state index in [0.29, 0.717) is 13.0 Å². The number of hydrogen-bond acceptors (Lipinski definition) is 4. The van der Waals surface area contributed by atoms with Gasteiger partial charge in [-0.3, -0.25) is 9.59 Å². The highest BCUT2D eigenvalue weighted by atomic mass is 16.4. The van der Waals surface area contributed by atoms with E-state index < -0.39 is 5.97 Å². The molecule has 0 aliphatic carbocycles. The van der Waals surface area contributed by atoms with Crippen LogP contribution in [-0.2, 0) is 4.79 Å². The van der Waals surface area contributed by atoms with Gasteiger partial charge in [-0.2, -0.15) is 9.90 Å². The molecule has 2 rings (SSSR count). The minimum absolute atomic E-state index is 0.0248. The van der Waals surface area contributed by atoms with E-state index in [4.69, 9.17) is 5.11 Å². The number of para-hydroxylation sites is 1. The Kier molecular flexibility index (Phi) is 4.43. The number of aliphatic carboxylic acids is 1. The monoisotopic (exact) mass is 274 g/mol. The number of hydrogen-bond donors (Lipinski definition) is 2. The molecule has 7 heteroatoms. The Labute approximate surface area is 115 Å². The van der Waals surface area contributed by atoms with Crippen molar-refractivity contribution in [2.45, 2.75) is 12.8 Å². The Morgan fingerprint density at radius 2 is 2.00 bits per heavy atom. The van der Waals surface area contributed by atoms with E-state index in [1.165, 1.54) is 11.0 Å². The van der Waals surface area contributed by atoms with Crippen molar-refractivity contribution in [1.82, 2.24) is 20.3 Å². The number of rotatable bonds is 6. The van der Waals surface area contributed by atoms with E-state index in [-0.39, 0.29) is 18.0 Å². The lowest BCUT2D eigenvalue weighted by atomic mass is 10.3. The normalized spacial score (nSPS) is 10.2. The number of carboxylic acid groups (broad SMARTS) is 1. The predicted molar refractivity (Wildman–Crippen MR) is 70.6 cm³/mol. The number of aromatic nitrogens is 3. The molecule has 0 aliphatic heterocycles. The molecule has 20 heavy (non-hydrogen) atoms. The van der Waals surface area contributed by atoms with E-state index in [9.17, 15) is 9.59 Å². The fourth-order valence-corrected chi connectivity index (χ4v) is 1.58. The Hall–Kier alpha value is -2.70. The van der Waals surface area contributed by atoms with Crippen LogP contribution in [0.1, 0.15) is 23.3 Å². The molecule has 2 N–H and O–H groups in total. The number of nitrogens with one attached hydrogen (secondary N) is 1. The summed E-state index contributed by atoms with van der Waals surface area (Å²) in [5.74, 6) is -1.24. The molecule has 0 unspecified atom stereocenters. The lowest BCUT2D eigenvalue weighted by molar-refractivity contribution is -0.137. The molecule has 0 fully saturated rings. The Balaban J connectivity index is 1.92. The molecule has 1 amide bonds. The number of carboxylic acids is 1. The highest BCUT2D eigenvalue weighted by Crippen LogP contribution is 2.04. The van der Waals surface area contributed by atoms with Crippen LogP contribution < -0.4 is 5.32 Å². The van der Waals surface area contributed by atoms with Crippen LogP contribution in [0.15, 0.2) is 36.5 Å². The summed E-state index contributed by atoms with van der Waals surface area (Å²) in [6.45, 7) is 0.295. The van der Waals surface area contributed by atoms with Gasteiger partial charge in [0.2, 0.25) is 0 Å². The number of amides is 1. The van der Waals surface area contributed by atoms with E-state index in [0.717, 1.165) is 5.69 Å². The minimum atomic E-state index is -0.880. The summed E-state index contributed by atoms with van der Waals surface area (Å²) in [4.78, 5) is 23.5. The molecule has 1 heterocycles. The lowest BCUT2D eigenvalue weighted by Gasteiger charge is -2.01. The van der Waals surface area contributed by atoms with Crippen molar-refractivity contribution >= 4 is 11.9 Å². The molecular weight excluding hydrogens is 260 g/mol. The molecule has 0 radical (unpaired) electrons. The quantitative estimate of drug-likeness (QED) is 0.761. The first-order valence-corrected chi connectivity index (χ1v) is 6.14. The first-order valence-electron chi connectivity index (χ1n) is 6.14. The fraction of sp³-hybridized carbons (Fsp3) is 0.231. The molecule has 0 atom stereocenters. The summed E-state index contributed by atoms with van der Waals surface area (Å²) in [7, 11) is 0. The van der Waals surface area contributed by atoms with Crippen LogP contribution in [0.4, 0.5) is 0 Å². The van der Waals surface area contributed by atoms with E-state index in [1.54, 1.807) is 0 Å². The number of nitrogens with zero attached hydrogens (tertiary/aromatic N) is 3. The van der Waals surface area contributed by atoms with Crippen LogP contribution in [0, 0.1) is 0 Å². The van der Waals surface area contributed by atoms with Gasteiger partial charge in [0.1, 0.15) is 0 Å². The van der Waals surface area contributed by atoms with Crippen molar-refractivity contribution in [3.63, 3.8) is 0 Å². The molecule has 1 aromatic carbocycles. The summed E-state index contributed by atoms with van der Waals surface area (Å²) in [6.07, 6.45) is 1.78. The van der Waals surface area contributed by atoms with Gasteiger partial charge in [0.05, 0.1) is 11.9 Å². The Morgan fingerprint density at radius 1 is 1.25 bits per heavy atom. The third-order valence-corrected chi connectivity index (χ3v) is 2.56. The van der Waals surface area contributed by atoms with Crippen LogP contribution >= 0.6 is 0 Å². The molecule has 104 valence electrons. The Morgan fingerprint density at radius 3 is 2.70 bits per heavy atom. The van der Waals surface area contributed by atoms with Gasteiger partial charge in [-0.1, -0.05) is 18.2 Å². The largest absolute Gasteiger partial charge is 0.481 e. The Bertz CT molecular complexity index is 595. The van der Waals surface area contributed by atoms with Crippen molar-refractivity contribution in [2.75, 3.05) is 6.54 Å². The summed E-state index contributed by atoms with van der Waals surface area (Å²) >= 11 is 0. The van der Waals surface area contributed by atoms with Gasteiger partial charge in [-0.15, -0.1) is 5.10 Å². The smallest absolute Gasteiger partial charge is 0.303 e. The van der Waals surface area contributed by atoms with Crippen molar-refractivity contribution in [2.24, 2.45) is 0 Å². The van der Waals surface area contributed by atoms with E-state index >= 15 is 0 Å². The maximum atomic E-state index is 11.8. The zero-order valence-corrected chi connectivity index (χ0v) is 10.7. The summed E-state index contributed by atoms with van der Waals surface area (Å²) in [5, 5.41) is 19.2. The second kappa shape index (κ2) is 6.46. The maximum Gasteiger partial charge on any atom is 0.303 e. The number of carbonyl (C=O) groups excluding carboxylic acids is 1. The van der Waals surface area contributed by atoms with Gasteiger partial charge < -0.3 is 10.4 Å². The third-order valence-electron chi connectivity index (χ3n) is 2.56. The van der Waals surface area contributed by atoms with Crippen molar-refractivity contribution in [3.8, 4) is 5.69 Å². The molecule has 7 nitrogen and oxygen atoms in total. The molecule has 0 saturated heterocycles. The van der Waals surface area contributed by atoms with Gasteiger partial charge in [0.25, 0.3) is 5.91 Å². The number of benzene rings is 1. The highest BCUT2D eigenvalue weighted by Gasteiger charge is 2.10. The number of carbonyl (C=O) groups is 2. The van der Waals surface area contributed by atoms with Crippen LogP contribution in [0.25, 0.3) is 5.69 Å².